The van der Waals surface area contributed by atoms with Crippen molar-refractivity contribution in [3.8, 4) is 5.75 Å². The third-order valence-electron chi connectivity index (χ3n) is 2.42. The first-order chi connectivity index (χ1) is 8.22. The van der Waals surface area contributed by atoms with Gasteiger partial charge in [-0.05, 0) is 43.5 Å². The summed E-state index contributed by atoms with van der Waals surface area (Å²) in [4.78, 5) is 10.7. The molecular formula is C13H21ClN2O2. The van der Waals surface area contributed by atoms with Gasteiger partial charge in [0.05, 0.1) is 13.0 Å². The number of amides is 1. The zero-order chi connectivity index (χ0) is 12.5. The molecule has 1 aromatic carbocycles. The van der Waals surface area contributed by atoms with E-state index in [1.165, 1.54) is 0 Å². The van der Waals surface area contributed by atoms with Crippen LogP contribution in [-0.2, 0) is 11.2 Å². The number of carbonyl (C=O) groups excluding carboxylic acids is 1. The number of hydrogen-bond donors (Lipinski definition) is 2. The molecule has 0 aliphatic carbocycles. The van der Waals surface area contributed by atoms with Crippen molar-refractivity contribution in [2.24, 2.45) is 11.5 Å². The van der Waals surface area contributed by atoms with E-state index in [4.69, 9.17) is 16.2 Å². The van der Waals surface area contributed by atoms with Gasteiger partial charge < -0.3 is 16.2 Å². The summed E-state index contributed by atoms with van der Waals surface area (Å²) in [7, 11) is 0. The van der Waals surface area contributed by atoms with E-state index in [2.05, 4.69) is 0 Å². The van der Waals surface area contributed by atoms with Crippen molar-refractivity contribution >= 4 is 18.3 Å². The predicted octanol–water partition coefficient (Wildman–Crippen LogP) is 1.64. The fourth-order valence-corrected chi connectivity index (χ4v) is 1.52. The number of nitrogens with two attached hydrogens (primary N) is 2. The summed E-state index contributed by atoms with van der Waals surface area (Å²) in [6.07, 6.45) is 3.42. The van der Waals surface area contributed by atoms with Gasteiger partial charge in [0.2, 0.25) is 5.91 Å². The first-order valence-electron chi connectivity index (χ1n) is 5.92. The van der Waals surface area contributed by atoms with Gasteiger partial charge in [0.15, 0.2) is 0 Å². The van der Waals surface area contributed by atoms with Crippen LogP contribution in [-0.4, -0.2) is 19.1 Å². The molecular weight excluding hydrogens is 252 g/mol. The SMILES string of the molecule is Cl.NCCCCCOc1ccc(CC(N)=O)cc1. The fraction of sp³-hybridized carbons (Fsp3) is 0.462. The molecule has 0 aliphatic heterocycles. The normalized spacial score (nSPS) is 9.61. The minimum absolute atomic E-state index is 0. The molecule has 4 nitrogen and oxygen atoms in total. The van der Waals surface area contributed by atoms with E-state index in [1.807, 2.05) is 24.3 Å². The van der Waals surface area contributed by atoms with Gasteiger partial charge in [-0.1, -0.05) is 12.1 Å². The van der Waals surface area contributed by atoms with Gasteiger partial charge in [-0.2, -0.15) is 0 Å². The van der Waals surface area contributed by atoms with Crippen LogP contribution in [0.1, 0.15) is 24.8 Å². The second-order valence-corrected chi connectivity index (χ2v) is 3.98. The minimum atomic E-state index is -0.319. The molecule has 1 aromatic rings. The highest BCUT2D eigenvalue weighted by atomic mass is 35.5. The molecule has 1 amide bonds. The number of halogens is 1. The van der Waals surface area contributed by atoms with E-state index < -0.39 is 0 Å². The molecule has 18 heavy (non-hydrogen) atoms. The zero-order valence-electron chi connectivity index (χ0n) is 10.4. The Morgan fingerprint density at radius 2 is 1.78 bits per heavy atom. The lowest BCUT2D eigenvalue weighted by atomic mass is 10.1. The topological polar surface area (TPSA) is 78.3 Å². The second-order valence-electron chi connectivity index (χ2n) is 3.98. The van der Waals surface area contributed by atoms with E-state index in [0.717, 1.165) is 37.1 Å². The Morgan fingerprint density at radius 1 is 1.11 bits per heavy atom. The summed E-state index contributed by atoms with van der Waals surface area (Å²) in [5.74, 6) is 0.506. The van der Waals surface area contributed by atoms with Crippen LogP contribution in [0.5, 0.6) is 5.75 Å². The predicted molar refractivity (Wildman–Crippen MR) is 75.0 cm³/mol. The Bertz CT molecular complexity index is 341. The highest BCUT2D eigenvalue weighted by Gasteiger charge is 1.99. The number of primary amides is 1. The van der Waals surface area contributed by atoms with E-state index in [1.54, 1.807) is 0 Å². The van der Waals surface area contributed by atoms with Gasteiger partial charge in [-0.3, -0.25) is 4.79 Å². The van der Waals surface area contributed by atoms with Crippen LogP contribution in [0.2, 0.25) is 0 Å². The Kier molecular flexibility index (Phi) is 9.06. The van der Waals surface area contributed by atoms with Crippen molar-refractivity contribution in [1.82, 2.24) is 0 Å². The molecule has 4 N–H and O–H groups in total. The molecule has 0 saturated heterocycles. The van der Waals surface area contributed by atoms with Gasteiger partial charge in [0.25, 0.3) is 0 Å². The maximum absolute atomic E-state index is 10.7. The molecule has 102 valence electrons. The standard InChI is InChI=1S/C13H20N2O2.ClH/c14-8-2-1-3-9-17-12-6-4-11(5-7-12)10-13(15)16;/h4-7H,1-3,8-10,14H2,(H2,15,16);1H. The van der Waals surface area contributed by atoms with Gasteiger partial charge in [-0.15, -0.1) is 12.4 Å². The number of carbonyl (C=O) groups is 1. The van der Waals surface area contributed by atoms with E-state index in [-0.39, 0.29) is 24.7 Å². The number of hydrogen-bond acceptors (Lipinski definition) is 3. The fourth-order valence-electron chi connectivity index (χ4n) is 1.52. The van der Waals surface area contributed by atoms with Crippen molar-refractivity contribution in [3.63, 3.8) is 0 Å². The number of rotatable bonds is 8. The monoisotopic (exact) mass is 272 g/mol. The molecule has 0 bridgehead atoms. The van der Waals surface area contributed by atoms with Gasteiger partial charge in [-0.25, -0.2) is 0 Å². The number of ether oxygens (including phenoxy) is 1. The molecule has 0 spiro atoms. The molecule has 0 unspecified atom stereocenters. The van der Waals surface area contributed by atoms with Crippen molar-refractivity contribution in [2.45, 2.75) is 25.7 Å². The highest BCUT2D eigenvalue weighted by molar-refractivity contribution is 5.85. The van der Waals surface area contributed by atoms with E-state index >= 15 is 0 Å². The van der Waals surface area contributed by atoms with Gasteiger partial charge in [0, 0.05) is 0 Å². The number of benzene rings is 1. The zero-order valence-corrected chi connectivity index (χ0v) is 11.2. The number of unbranched alkanes of at least 4 members (excludes halogenated alkanes) is 2. The summed E-state index contributed by atoms with van der Waals surface area (Å²) in [6.45, 7) is 1.44. The van der Waals surface area contributed by atoms with Gasteiger partial charge >= 0.3 is 0 Å². The van der Waals surface area contributed by atoms with Crippen molar-refractivity contribution < 1.29 is 9.53 Å². The Hall–Kier alpha value is -1.26. The Labute approximate surface area is 114 Å². The molecule has 0 aliphatic rings. The first kappa shape index (κ1) is 16.7. The largest absolute Gasteiger partial charge is 0.494 e. The first-order valence-corrected chi connectivity index (χ1v) is 5.92. The highest BCUT2D eigenvalue weighted by Crippen LogP contribution is 2.13. The minimum Gasteiger partial charge on any atom is -0.494 e. The van der Waals surface area contributed by atoms with Crippen LogP contribution in [0.25, 0.3) is 0 Å². The maximum Gasteiger partial charge on any atom is 0.221 e. The lowest BCUT2D eigenvalue weighted by molar-refractivity contribution is -0.117. The van der Waals surface area contributed by atoms with Crippen LogP contribution < -0.4 is 16.2 Å². The molecule has 0 aromatic heterocycles. The summed E-state index contributed by atoms with van der Waals surface area (Å²) in [5.41, 5.74) is 11.4. The lowest BCUT2D eigenvalue weighted by Crippen LogP contribution is -2.13. The van der Waals surface area contributed by atoms with E-state index in [0.29, 0.717) is 6.61 Å². The molecule has 0 fully saturated rings. The molecule has 0 saturated carbocycles. The molecule has 5 heteroatoms. The van der Waals surface area contributed by atoms with Crippen molar-refractivity contribution in [2.75, 3.05) is 13.2 Å². The van der Waals surface area contributed by atoms with Crippen molar-refractivity contribution in [1.29, 1.82) is 0 Å². The molecule has 0 atom stereocenters. The van der Waals surface area contributed by atoms with Crippen LogP contribution in [0, 0.1) is 0 Å². The van der Waals surface area contributed by atoms with E-state index in [9.17, 15) is 4.79 Å². The third kappa shape index (κ3) is 7.14. The second kappa shape index (κ2) is 9.74. The smallest absolute Gasteiger partial charge is 0.221 e. The summed E-state index contributed by atoms with van der Waals surface area (Å²) < 4.78 is 5.56. The Morgan fingerprint density at radius 3 is 2.33 bits per heavy atom. The molecule has 1 rings (SSSR count). The van der Waals surface area contributed by atoms with Gasteiger partial charge in [0.1, 0.15) is 5.75 Å². The molecule has 0 heterocycles. The summed E-state index contributed by atoms with van der Waals surface area (Å²) >= 11 is 0. The van der Waals surface area contributed by atoms with Crippen LogP contribution in [0.3, 0.4) is 0 Å². The molecule has 0 radical (unpaired) electrons. The van der Waals surface area contributed by atoms with Crippen LogP contribution in [0.15, 0.2) is 24.3 Å². The lowest BCUT2D eigenvalue weighted by Gasteiger charge is -2.06. The maximum atomic E-state index is 10.7. The average molecular weight is 273 g/mol. The van der Waals surface area contributed by atoms with Crippen LogP contribution >= 0.6 is 12.4 Å². The summed E-state index contributed by atoms with van der Waals surface area (Å²) in [6, 6.07) is 7.45. The van der Waals surface area contributed by atoms with Crippen molar-refractivity contribution in [3.05, 3.63) is 29.8 Å². The third-order valence-corrected chi connectivity index (χ3v) is 2.42. The summed E-state index contributed by atoms with van der Waals surface area (Å²) in [5, 5.41) is 0. The quantitative estimate of drug-likeness (QED) is 0.706. The average Bonchev–Trinajstić information content (AvgIpc) is 2.30. The van der Waals surface area contributed by atoms with Crippen LogP contribution in [0.4, 0.5) is 0 Å². The Balaban J connectivity index is 0.00000289.